The van der Waals surface area contributed by atoms with Gasteiger partial charge in [-0.05, 0) is 30.0 Å². The SMILES string of the molecule is O=C(O)c1ccnc(N2CCc3ccccc3CC2)c1F. The van der Waals surface area contributed by atoms with Crippen LogP contribution in [0.25, 0.3) is 0 Å². The number of pyridine rings is 1. The number of nitrogens with zero attached hydrogens (tertiary/aromatic N) is 2. The number of carboxylic acid groups (broad SMARTS) is 1. The Balaban J connectivity index is 1.90. The highest BCUT2D eigenvalue weighted by atomic mass is 19.1. The Bertz CT molecular complexity index is 661. The Morgan fingerprint density at radius 3 is 2.33 bits per heavy atom. The van der Waals surface area contributed by atoms with Crippen LogP contribution in [0.3, 0.4) is 0 Å². The Morgan fingerprint density at radius 1 is 1.14 bits per heavy atom. The van der Waals surface area contributed by atoms with Crippen molar-refractivity contribution in [1.29, 1.82) is 0 Å². The lowest BCUT2D eigenvalue weighted by atomic mass is 10.0. The van der Waals surface area contributed by atoms with Gasteiger partial charge in [0.25, 0.3) is 0 Å². The second kappa shape index (κ2) is 5.52. The van der Waals surface area contributed by atoms with Gasteiger partial charge in [0.05, 0.1) is 0 Å². The van der Waals surface area contributed by atoms with E-state index in [1.807, 2.05) is 17.0 Å². The van der Waals surface area contributed by atoms with Crippen LogP contribution in [0.2, 0.25) is 0 Å². The topological polar surface area (TPSA) is 53.4 Å². The van der Waals surface area contributed by atoms with E-state index >= 15 is 0 Å². The van der Waals surface area contributed by atoms with Gasteiger partial charge in [-0.2, -0.15) is 0 Å². The largest absolute Gasteiger partial charge is 0.478 e. The number of benzene rings is 1. The zero-order valence-electron chi connectivity index (χ0n) is 11.4. The zero-order valence-corrected chi connectivity index (χ0v) is 11.4. The van der Waals surface area contributed by atoms with Crippen LogP contribution in [0.5, 0.6) is 0 Å². The van der Waals surface area contributed by atoms with Crippen molar-refractivity contribution in [2.45, 2.75) is 12.8 Å². The van der Waals surface area contributed by atoms with Crippen molar-refractivity contribution in [2.75, 3.05) is 18.0 Å². The number of hydrogen-bond acceptors (Lipinski definition) is 3. The van der Waals surface area contributed by atoms with Gasteiger partial charge in [0.15, 0.2) is 11.6 Å². The van der Waals surface area contributed by atoms with Gasteiger partial charge in [0, 0.05) is 19.3 Å². The Labute approximate surface area is 121 Å². The number of aromatic carboxylic acids is 1. The molecule has 0 amide bonds. The third-order valence-corrected chi connectivity index (χ3v) is 3.82. The van der Waals surface area contributed by atoms with Crippen molar-refractivity contribution in [3.63, 3.8) is 0 Å². The summed E-state index contributed by atoms with van der Waals surface area (Å²) in [7, 11) is 0. The van der Waals surface area contributed by atoms with Gasteiger partial charge in [-0.3, -0.25) is 0 Å². The molecule has 0 radical (unpaired) electrons. The molecule has 1 aliphatic rings. The van der Waals surface area contributed by atoms with E-state index in [0.29, 0.717) is 13.1 Å². The molecule has 0 saturated heterocycles. The fraction of sp³-hybridized carbons (Fsp3) is 0.250. The summed E-state index contributed by atoms with van der Waals surface area (Å²) in [5, 5.41) is 9.00. The van der Waals surface area contributed by atoms with Gasteiger partial charge >= 0.3 is 5.97 Å². The molecule has 108 valence electrons. The third kappa shape index (κ3) is 2.59. The summed E-state index contributed by atoms with van der Waals surface area (Å²) >= 11 is 0. The molecule has 0 fully saturated rings. The molecule has 2 heterocycles. The number of carbonyl (C=O) groups is 1. The Hall–Kier alpha value is -2.43. The van der Waals surface area contributed by atoms with E-state index in [9.17, 15) is 9.18 Å². The van der Waals surface area contributed by atoms with Crippen molar-refractivity contribution >= 4 is 11.8 Å². The van der Waals surface area contributed by atoms with Gasteiger partial charge < -0.3 is 10.0 Å². The first kappa shape index (κ1) is 13.5. The molecule has 3 rings (SSSR count). The quantitative estimate of drug-likeness (QED) is 0.921. The van der Waals surface area contributed by atoms with Gasteiger partial charge in [0.1, 0.15) is 5.56 Å². The predicted octanol–water partition coefficient (Wildman–Crippen LogP) is 2.52. The molecule has 0 aliphatic carbocycles. The van der Waals surface area contributed by atoms with Gasteiger partial charge in [-0.1, -0.05) is 24.3 Å². The first-order valence-electron chi connectivity index (χ1n) is 6.86. The molecule has 0 bridgehead atoms. The van der Waals surface area contributed by atoms with Gasteiger partial charge in [-0.15, -0.1) is 0 Å². The standard InChI is InChI=1S/C16H15FN2O2/c17-14-13(16(20)21)5-8-18-15(14)19-9-6-11-3-1-2-4-12(11)7-10-19/h1-5,8H,6-7,9-10H2,(H,20,21). The lowest BCUT2D eigenvalue weighted by Gasteiger charge is -2.22. The summed E-state index contributed by atoms with van der Waals surface area (Å²) in [5.41, 5.74) is 2.19. The van der Waals surface area contributed by atoms with Crippen molar-refractivity contribution < 1.29 is 14.3 Å². The number of rotatable bonds is 2. The van der Waals surface area contributed by atoms with Crippen LogP contribution in [0.15, 0.2) is 36.5 Å². The van der Waals surface area contributed by atoms with Crippen LogP contribution in [0, 0.1) is 5.82 Å². The van der Waals surface area contributed by atoms with Crippen LogP contribution >= 0.6 is 0 Å². The van der Waals surface area contributed by atoms with Crippen molar-refractivity contribution in [3.8, 4) is 0 Å². The average molecular weight is 286 g/mol. The number of fused-ring (bicyclic) bond motifs is 1. The van der Waals surface area contributed by atoms with E-state index in [1.54, 1.807) is 0 Å². The summed E-state index contributed by atoms with van der Waals surface area (Å²) < 4.78 is 14.3. The lowest BCUT2D eigenvalue weighted by Crippen LogP contribution is -2.28. The zero-order chi connectivity index (χ0) is 14.8. The van der Waals surface area contributed by atoms with Crippen LogP contribution in [-0.2, 0) is 12.8 Å². The Morgan fingerprint density at radius 2 is 1.76 bits per heavy atom. The molecular formula is C16H15FN2O2. The molecular weight excluding hydrogens is 271 g/mol. The minimum Gasteiger partial charge on any atom is -0.478 e. The van der Waals surface area contributed by atoms with Crippen molar-refractivity contribution in [1.82, 2.24) is 4.98 Å². The van der Waals surface area contributed by atoms with Gasteiger partial charge in [-0.25, -0.2) is 14.2 Å². The minimum atomic E-state index is -1.27. The van der Waals surface area contributed by atoms with E-state index in [-0.39, 0.29) is 11.4 Å². The highest BCUT2D eigenvalue weighted by molar-refractivity contribution is 5.88. The predicted molar refractivity (Wildman–Crippen MR) is 77.2 cm³/mol. The molecule has 1 N–H and O–H groups in total. The van der Waals surface area contributed by atoms with E-state index in [2.05, 4.69) is 17.1 Å². The molecule has 0 atom stereocenters. The van der Waals surface area contributed by atoms with Crippen molar-refractivity contribution in [3.05, 3.63) is 59.0 Å². The number of anilines is 1. The number of aromatic nitrogens is 1. The minimum absolute atomic E-state index is 0.128. The van der Waals surface area contributed by atoms with Crippen molar-refractivity contribution in [2.24, 2.45) is 0 Å². The first-order valence-corrected chi connectivity index (χ1v) is 6.86. The van der Waals surface area contributed by atoms with E-state index in [0.717, 1.165) is 12.8 Å². The number of halogens is 1. The fourth-order valence-electron chi connectivity index (χ4n) is 2.70. The smallest absolute Gasteiger partial charge is 0.338 e. The summed E-state index contributed by atoms with van der Waals surface area (Å²) in [5.74, 6) is -1.90. The molecule has 1 aliphatic heterocycles. The van der Waals surface area contributed by atoms with Crippen LogP contribution in [0.1, 0.15) is 21.5 Å². The van der Waals surface area contributed by atoms with Crippen LogP contribution < -0.4 is 4.90 Å². The molecule has 21 heavy (non-hydrogen) atoms. The normalized spacial score (nSPS) is 14.4. The summed E-state index contributed by atoms with van der Waals surface area (Å²) in [4.78, 5) is 16.9. The molecule has 5 heteroatoms. The summed E-state index contributed by atoms with van der Waals surface area (Å²) in [6.45, 7) is 1.26. The second-order valence-electron chi connectivity index (χ2n) is 5.06. The average Bonchev–Trinajstić information content (AvgIpc) is 2.70. The summed E-state index contributed by atoms with van der Waals surface area (Å²) in [6.07, 6.45) is 2.95. The van der Waals surface area contributed by atoms with E-state index in [4.69, 9.17) is 5.11 Å². The number of carboxylic acids is 1. The van der Waals surface area contributed by atoms with Gasteiger partial charge in [0.2, 0.25) is 0 Å². The first-order chi connectivity index (χ1) is 10.2. The highest BCUT2D eigenvalue weighted by Gasteiger charge is 2.21. The molecule has 4 nitrogen and oxygen atoms in total. The molecule has 0 spiro atoms. The maximum atomic E-state index is 14.3. The van der Waals surface area contributed by atoms with E-state index in [1.165, 1.54) is 23.4 Å². The monoisotopic (exact) mass is 286 g/mol. The molecule has 0 unspecified atom stereocenters. The maximum absolute atomic E-state index is 14.3. The Kier molecular flexibility index (Phi) is 3.56. The third-order valence-electron chi connectivity index (χ3n) is 3.82. The molecule has 1 aromatic heterocycles. The van der Waals surface area contributed by atoms with Crippen LogP contribution in [0.4, 0.5) is 10.2 Å². The highest BCUT2D eigenvalue weighted by Crippen LogP contribution is 2.23. The second-order valence-corrected chi connectivity index (χ2v) is 5.06. The molecule has 1 aromatic carbocycles. The molecule has 2 aromatic rings. The number of hydrogen-bond donors (Lipinski definition) is 1. The maximum Gasteiger partial charge on any atom is 0.338 e. The summed E-state index contributed by atoms with van der Waals surface area (Å²) in [6, 6.07) is 9.34. The lowest BCUT2D eigenvalue weighted by molar-refractivity contribution is 0.0691. The molecule has 0 saturated carbocycles. The van der Waals surface area contributed by atoms with E-state index < -0.39 is 11.8 Å². The fourth-order valence-corrected chi connectivity index (χ4v) is 2.70. The van der Waals surface area contributed by atoms with Crippen LogP contribution in [-0.4, -0.2) is 29.1 Å².